The zero-order valence-electron chi connectivity index (χ0n) is 22.6. The predicted molar refractivity (Wildman–Crippen MR) is 145 cm³/mol. The molecule has 1 amide bonds. The number of anilines is 1. The van der Waals surface area contributed by atoms with E-state index in [1.807, 2.05) is 4.90 Å². The van der Waals surface area contributed by atoms with Gasteiger partial charge >= 0.3 is 0 Å². The Hall–Kier alpha value is -2.50. The third-order valence-corrected chi connectivity index (χ3v) is 7.92. The molecular weight excluding hydrogens is 484 g/mol. The number of rotatable bonds is 9. The van der Waals surface area contributed by atoms with Crippen LogP contribution in [0.1, 0.15) is 28.9 Å². The Balaban J connectivity index is 1.04. The van der Waals surface area contributed by atoms with Crippen molar-refractivity contribution in [1.29, 1.82) is 0 Å². The van der Waals surface area contributed by atoms with Crippen LogP contribution in [-0.2, 0) is 17.7 Å². The normalized spacial score (nSPS) is 21.1. The summed E-state index contributed by atoms with van der Waals surface area (Å²) in [7, 11) is 0. The number of oxazole rings is 1. The van der Waals surface area contributed by atoms with Crippen LogP contribution in [0.15, 0.2) is 34.9 Å². The fourth-order valence-electron chi connectivity index (χ4n) is 5.67. The first-order chi connectivity index (χ1) is 18.6. The van der Waals surface area contributed by atoms with E-state index in [-0.39, 0.29) is 12.0 Å². The lowest BCUT2D eigenvalue weighted by Gasteiger charge is -2.36. The average Bonchev–Trinajstić information content (AvgIpc) is 3.43. The molecular formula is C28H42N6O4. The van der Waals surface area contributed by atoms with E-state index in [2.05, 4.69) is 55.8 Å². The molecule has 0 radical (unpaired) electrons. The summed E-state index contributed by atoms with van der Waals surface area (Å²) in [4.78, 5) is 28.8. The molecule has 3 aliphatic rings. The quantitative estimate of drug-likeness (QED) is 0.514. The number of ether oxygens (including phenoxy) is 1. The van der Waals surface area contributed by atoms with Crippen molar-refractivity contribution in [2.24, 2.45) is 0 Å². The molecule has 10 heteroatoms. The molecule has 3 saturated heterocycles. The van der Waals surface area contributed by atoms with Crippen molar-refractivity contribution < 1.29 is 19.1 Å². The van der Waals surface area contributed by atoms with Crippen molar-refractivity contribution in [3.8, 4) is 0 Å². The van der Waals surface area contributed by atoms with Crippen molar-refractivity contribution >= 4 is 11.6 Å². The Kier molecular flexibility index (Phi) is 9.29. The molecule has 10 nitrogen and oxygen atoms in total. The molecule has 38 heavy (non-hydrogen) atoms. The molecule has 0 saturated carbocycles. The number of morpholine rings is 1. The van der Waals surface area contributed by atoms with Crippen molar-refractivity contribution in [1.82, 2.24) is 24.6 Å². The van der Waals surface area contributed by atoms with Gasteiger partial charge < -0.3 is 24.1 Å². The number of aliphatic hydroxyl groups is 1. The summed E-state index contributed by atoms with van der Waals surface area (Å²) in [5.74, 6) is 0.534. The van der Waals surface area contributed by atoms with E-state index >= 15 is 0 Å². The van der Waals surface area contributed by atoms with E-state index in [9.17, 15) is 9.90 Å². The zero-order valence-corrected chi connectivity index (χ0v) is 22.6. The molecule has 1 atom stereocenters. The van der Waals surface area contributed by atoms with Crippen molar-refractivity contribution in [2.45, 2.75) is 26.0 Å². The molecule has 1 aromatic heterocycles. The van der Waals surface area contributed by atoms with E-state index in [1.165, 1.54) is 17.5 Å². The van der Waals surface area contributed by atoms with Gasteiger partial charge in [-0.3, -0.25) is 19.5 Å². The van der Waals surface area contributed by atoms with E-state index in [0.29, 0.717) is 44.3 Å². The van der Waals surface area contributed by atoms with E-state index < -0.39 is 0 Å². The van der Waals surface area contributed by atoms with Gasteiger partial charge in [0.1, 0.15) is 6.26 Å². The van der Waals surface area contributed by atoms with Gasteiger partial charge in [-0.25, -0.2) is 4.98 Å². The maximum atomic E-state index is 13.1. The van der Waals surface area contributed by atoms with Crippen LogP contribution in [-0.4, -0.2) is 133 Å². The number of hydrogen-bond acceptors (Lipinski definition) is 9. The van der Waals surface area contributed by atoms with Crippen LogP contribution in [0.4, 0.5) is 5.69 Å². The fraction of sp³-hybridized carbons (Fsp3) is 0.643. The minimum absolute atomic E-state index is 0.0532. The lowest BCUT2D eigenvalue weighted by molar-refractivity contribution is 0.00187. The topological polar surface area (TPSA) is 88.8 Å². The van der Waals surface area contributed by atoms with Gasteiger partial charge in [-0.15, -0.1) is 0 Å². The molecule has 4 heterocycles. The van der Waals surface area contributed by atoms with Gasteiger partial charge in [0.05, 0.1) is 25.9 Å². The van der Waals surface area contributed by atoms with Crippen molar-refractivity contribution in [3.05, 3.63) is 47.7 Å². The zero-order chi connectivity index (χ0) is 26.3. The molecule has 3 fully saturated rings. The lowest BCUT2D eigenvalue weighted by Crippen LogP contribution is -2.50. The smallest absolute Gasteiger partial charge is 0.275 e. The molecule has 3 aliphatic heterocycles. The third kappa shape index (κ3) is 6.92. The highest BCUT2D eigenvalue weighted by atomic mass is 16.5. The van der Waals surface area contributed by atoms with Gasteiger partial charge in [0.15, 0.2) is 5.69 Å². The number of carbonyl (C=O) groups is 1. The van der Waals surface area contributed by atoms with Crippen LogP contribution < -0.4 is 4.90 Å². The number of amides is 1. The Morgan fingerprint density at radius 2 is 1.58 bits per heavy atom. The summed E-state index contributed by atoms with van der Waals surface area (Å²) >= 11 is 0. The second-order valence-electron chi connectivity index (χ2n) is 10.5. The largest absolute Gasteiger partial charge is 0.447 e. The summed E-state index contributed by atoms with van der Waals surface area (Å²) in [6.07, 6.45) is 2.17. The number of benzene rings is 1. The van der Waals surface area contributed by atoms with Crippen molar-refractivity contribution in [3.63, 3.8) is 0 Å². The molecule has 5 rings (SSSR count). The number of piperazine rings is 2. The second kappa shape index (κ2) is 13.0. The number of para-hydroxylation sites is 1. The van der Waals surface area contributed by atoms with Gasteiger partial charge in [-0.05, 0) is 18.1 Å². The Morgan fingerprint density at radius 1 is 0.921 bits per heavy atom. The number of hydrogen-bond donors (Lipinski definition) is 1. The molecule has 1 unspecified atom stereocenters. The number of aryl methyl sites for hydroxylation is 1. The highest BCUT2D eigenvalue weighted by Crippen LogP contribution is 2.23. The molecule has 208 valence electrons. The Morgan fingerprint density at radius 3 is 2.29 bits per heavy atom. The monoisotopic (exact) mass is 526 g/mol. The number of aliphatic hydroxyl groups excluding tert-OH is 1. The summed E-state index contributed by atoms with van der Waals surface area (Å²) in [6.45, 7) is 14.0. The molecule has 2 aromatic rings. The summed E-state index contributed by atoms with van der Waals surface area (Å²) in [6, 6.07) is 8.52. The number of carbonyl (C=O) groups excluding carboxylic acids is 1. The predicted octanol–water partition coefficient (Wildman–Crippen LogP) is 1.01. The van der Waals surface area contributed by atoms with E-state index in [4.69, 9.17) is 9.15 Å². The summed E-state index contributed by atoms with van der Waals surface area (Å²) in [5, 5.41) is 10.5. The number of nitrogens with zero attached hydrogens (tertiary/aromatic N) is 6. The van der Waals surface area contributed by atoms with Crippen LogP contribution in [0.5, 0.6) is 0 Å². The lowest BCUT2D eigenvalue weighted by atomic mass is 10.1. The number of aromatic nitrogens is 1. The fourth-order valence-corrected chi connectivity index (χ4v) is 5.67. The van der Waals surface area contributed by atoms with Gasteiger partial charge in [0.25, 0.3) is 5.91 Å². The Bertz CT molecular complexity index is 1030. The SMILES string of the molecule is CCc1ccccc1N1CCN(C(=O)c2coc(CN3CCN(CC(O)CN4CCOCC4)CC3)n2)CC1. The highest BCUT2D eigenvalue weighted by molar-refractivity contribution is 5.92. The van der Waals surface area contributed by atoms with Crippen LogP contribution in [0.25, 0.3) is 0 Å². The first-order valence-corrected chi connectivity index (χ1v) is 14.1. The molecule has 0 aliphatic carbocycles. The molecule has 0 spiro atoms. The first-order valence-electron chi connectivity index (χ1n) is 14.1. The van der Waals surface area contributed by atoms with Gasteiger partial charge in [-0.2, -0.15) is 0 Å². The Labute approximate surface area is 225 Å². The molecule has 0 bridgehead atoms. The highest BCUT2D eigenvalue weighted by Gasteiger charge is 2.26. The maximum absolute atomic E-state index is 13.1. The number of β-amino-alcohol motifs (C(OH)–C–C–N with tert-alkyl or cyclic N) is 1. The van der Waals surface area contributed by atoms with Gasteiger partial charge in [-0.1, -0.05) is 25.1 Å². The second-order valence-corrected chi connectivity index (χ2v) is 10.5. The third-order valence-electron chi connectivity index (χ3n) is 7.92. The van der Waals surface area contributed by atoms with E-state index in [0.717, 1.165) is 72.0 Å². The van der Waals surface area contributed by atoms with Gasteiger partial charge in [0, 0.05) is 84.2 Å². The molecule has 1 aromatic carbocycles. The van der Waals surface area contributed by atoms with E-state index in [1.54, 1.807) is 0 Å². The van der Waals surface area contributed by atoms with Crippen molar-refractivity contribution in [2.75, 3.05) is 96.7 Å². The van der Waals surface area contributed by atoms with Gasteiger partial charge in [0.2, 0.25) is 5.89 Å². The minimum Gasteiger partial charge on any atom is -0.447 e. The molecule has 1 N–H and O–H groups in total. The van der Waals surface area contributed by atoms with Crippen LogP contribution in [0, 0.1) is 0 Å². The average molecular weight is 527 g/mol. The van der Waals surface area contributed by atoms with Crippen LogP contribution >= 0.6 is 0 Å². The standard InChI is InChI=1S/C28H42N6O4/c1-2-23-5-3-4-6-26(23)33-11-13-34(14-12-33)28(36)25-22-38-27(29-25)21-31-9-7-30(8-10-31)19-24(35)20-32-15-17-37-18-16-32/h3-6,22,24,35H,2,7-21H2,1H3. The first kappa shape index (κ1) is 27.1. The minimum atomic E-state index is -0.344. The summed E-state index contributed by atoms with van der Waals surface area (Å²) in [5.41, 5.74) is 3.02. The van der Waals surface area contributed by atoms with Crippen LogP contribution in [0.2, 0.25) is 0 Å². The summed E-state index contributed by atoms with van der Waals surface area (Å²) < 4.78 is 11.1. The maximum Gasteiger partial charge on any atom is 0.275 e. The van der Waals surface area contributed by atoms with Crippen LogP contribution in [0.3, 0.4) is 0 Å².